The molecule has 11 heavy (non-hydrogen) atoms. The van der Waals surface area contributed by atoms with Crippen LogP contribution in [0, 0.1) is 11.3 Å². The van der Waals surface area contributed by atoms with Gasteiger partial charge in [0.05, 0.1) is 12.7 Å². The molecule has 0 aromatic heterocycles. The summed E-state index contributed by atoms with van der Waals surface area (Å²) in [5.41, 5.74) is 2.80. The third kappa shape index (κ3) is 9.41. The number of hydrogen-bond donors (Lipinski definition) is 1. The molecule has 0 aromatic carbocycles. The van der Waals surface area contributed by atoms with Crippen LogP contribution in [0.2, 0.25) is 0 Å². The van der Waals surface area contributed by atoms with E-state index >= 15 is 0 Å². The van der Waals surface area contributed by atoms with E-state index < -0.39 is 0 Å². The molecule has 0 unspecified atom stereocenters. The largest absolute Gasteiger partial charge is 0.302 e. The minimum absolute atomic E-state index is 0.601. The molecule has 64 valence electrons. The number of hydroxylamine groups is 1. The first-order valence-electron chi connectivity index (χ1n) is 4.13. The molecule has 3 nitrogen and oxygen atoms in total. The van der Waals surface area contributed by atoms with E-state index in [-0.39, 0.29) is 0 Å². The van der Waals surface area contributed by atoms with Gasteiger partial charge in [0.2, 0.25) is 0 Å². The van der Waals surface area contributed by atoms with Gasteiger partial charge in [0.15, 0.2) is 0 Å². The van der Waals surface area contributed by atoms with Gasteiger partial charge in [0, 0.05) is 13.0 Å². The highest BCUT2D eigenvalue weighted by molar-refractivity contribution is 4.67. The van der Waals surface area contributed by atoms with Gasteiger partial charge >= 0.3 is 0 Å². The summed E-state index contributed by atoms with van der Waals surface area (Å²) in [6.45, 7) is 3.67. The first kappa shape index (κ1) is 10.4. The summed E-state index contributed by atoms with van der Waals surface area (Å²) < 4.78 is 0. The Bertz CT molecular complexity index is 109. The molecule has 0 aliphatic rings. The van der Waals surface area contributed by atoms with Crippen molar-refractivity contribution in [3.63, 3.8) is 0 Å². The Morgan fingerprint density at radius 2 is 2.27 bits per heavy atom. The second-order valence-corrected chi connectivity index (χ2v) is 2.36. The fourth-order valence-electron chi connectivity index (χ4n) is 0.600. The maximum absolute atomic E-state index is 8.19. The van der Waals surface area contributed by atoms with Crippen LogP contribution in [0.1, 0.15) is 32.6 Å². The predicted octanol–water partition coefficient (Wildman–Crippen LogP) is 1.61. The van der Waals surface area contributed by atoms with Gasteiger partial charge in [-0.3, -0.25) is 0 Å². The molecule has 0 fully saturated rings. The van der Waals surface area contributed by atoms with Crippen molar-refractivity contribution < 1.29 is 4.84 Å². The first-order valence-corrected chi connectivity index (χ1v) is 4.13. The molecule has 0 heterocycles. The maximum Gasteiger partial charge on any atom is 0.0682 e. The van der Waals surface area contributed by atoms with Crippen molar-refractivity contribution in [1.29, 1.82) is 5.26 Å². The van der Waals surface area contributed by atoms with Crippen molar-refractivity contribution in [1.82, 2.24) is 5.48 Å². The van der Waals surface area contributed by atoms with Crippen LogP contribution in [0.15, 0.2) is 0 Å². The SMILES string of the molecule is CCCCONCCCC#N. The average molecular weight is 156 g/mol. The minimum Gasteiger partial charge on any atom is -0.302 e. The Labute approximate surface area is 68.3 Å². The number of nitriles is 1. The molecule has 0 aliphatic heterocycles. The lowest BCUT2D eigenvalue weighted by Crippen LogP contribution is -2.16. The molecule has 0 aliphatic carbocycles. The second kappa shape index (κ2) is 9.41. The van der Waals surface area contributed by atoms with Crippen molar-refractivity contribution in [2.24, 2.45) is 0 Å². The summed E-state index contributed by atoms with van der Waals surface area (Å²) in [5, 5.41) is 8.19. The number of rotatable bonds is 7. The van der Waals surface area contributed by atoms with Crippen LogP contribution in [-0.2, 0) is 4.84 Å². The third-order valence-electron chi connectivity index (χ3n) is 1.27. The fraction of sp³-hybridized carbons (Fsp3) is 0.875. The number of nitrogens with one attached hydrogen (secondary N) is 1. The summed E-state index contributed by atoms with van der Waals surface area (Å²) in [5.74, 6) is 0. The Morgan fingerprint density at radius 1 is 1.45 bits per heavy atom. The summed E-state index contributed by atoms with van der Waals surface area (Å²) in [6, 6.07) is 2.07. The van der Waals surface area contributed by atoms with Gasteiger partial charge in [0.1, 0.15) is 0 Å². The van der Waals surface area contributed by atoms with E-state index in [1.54, 1.807) is 0 Å². The molecular formula is C8H16N2O. The van der Waals surface area contributed by atoms with Crippen LogP contribution in [0.3, 0.4) is 0 Å². The van der Waals surface area contributed by atoms with E-state index in [1.165, 1.54) is 0 Å². The molecule has 0 atom stereocenters. The standard InChI is InChI=1S/C8H16N2O/c1-2-3-8-11-10-7-5-4-6-9/h10H,2-5,7-8H2,1H3. The Kier molecular flexibility index (Phi) is 8.91. The Balaban J connectivity index is 2.75. The minimum atomic E-state index is 0.601. The zero-order valence-corrected chi connectivity index (χ0v) is 7.10. The van der Waals surface area contributed by atoms with Gasteiger partial charge in [-0.2, -0.15) is 5.26 Å². The van der Waals surface area contributed by atoms with Gasteiger partial charge in [0.25, 0.3) is 0 Å². The van der Waals surface area contributed by atoms with E-state index in [0.29, 0.717) is 6.42 Å². The maximum atomic E-state index is 8.19. The highest BCUT2D eigenvalue weighted by atomic mass is 16.6. The summed E-state index contributed by atoms with van der Waals surface area (Å²) in [6.07, 6.45) is 3.71. The monoisotopic (exact) mass is 156 g/mol. The van der Waals surface area contributed by atoms with E-state index in [2.05, 4.69) is 18.5 Å². The van der Waals surface area contributed by atoms with Crippen molar-refractivity contribution in [2.45, 2.75) is 32.6 Å². The molecule has 3 heteroatoms. The van der Waals surface area contributed by atoms with Crippen molar-refractivity contribution in [3.05, 3.63) is 0 Å². The summed E-state index contributed by atoms with van der Waals surface area (Å²) in [4.78, 5) is 5.06. The average Bonchev–Trinajstić information content (AvgIpc) is 2.03. The topological polar surface area (TPSA) is 45.0 Å². The van der Waals surface area contributed by atoms with Gasteiger partial charge in [-0.25, -0.2) is 5.48 Å². The summed E-state index contributed by atoms with van der Waals surface area (Å²) in [7, 11) is 0. The van der Waals surface area contributed by atoms with E-state index in [9.17, 15) is 0 Å². The fourth-order valence-corrected chi connectivity index (χ4v) is 0.600. The zero-order valence-electron chi connectivity index (χ0n) is 7.10. The molecule has 0 saturated heterocycles. The number of nitrogens with zero attached hydrogens (tertiary/aromatic N) is 1. The zero-order chi connectivity index (χ0) is 8.36. The van der Waals surface area contributed by atoms with Crippen LogP contribution < -0.4 is 5.48 Å². The van der Waals surface area contributed by atoms with Crippen LogP contribution in [0.25, 0.3) is 0 Å². The molecule has 0 saturated carbocycles. The lowest BCUT2D eigenvalue weighted by Gasteiger charge is -2.02. The van der Waals surface area contributed by atoms with Crippen LogP contribution in [-0.4, -0.2) is 13.2 Å². The Hall–Kier alpha value is -0.590. The molecule has 0 aromatic rings. The highest BCUT2D eigenvalue weighted by Crippen LogP contribution is 1.86. The molecule has 0 rings (SSSR count). The highest BCUT2D eigenvalue weighted by Gasteiger charge is 1.86. The van der Waals surface area contributed by atoms with E-state index in [4.69, 9.17) is 10.1 Å². The first-order chi connectivity index (χ1) is 5.41. The van der Waals surface area contributed by atoms with Gasteiger partial charge < -0.3 is 4.84 Å². The van der Waals surface area contributed by atoms with Crippen molar-refractivity contribution in [3.8, 4) is 6.07 Å². The van der Waals surface area contributed by atoms with Crippen LogP contribution in [0.5, 0.6) is 0 Å². The second-order valence-electron chi connectivity index (χ2n) is 2.36. The van der Waals surface area contributed by atoms with E-state index in [0.717, 1.165) is 32.4 Å². The van der Waals surface area contributed by atoms with E-state index in [1.807, 2.05) is 0 Å². The van der Waals surface area contributed by atoms with Gasteiger partial charge in [-0.1, -0.05) is 13.3 Å². The normalized spacial score (nSPS) is 9.45. The quantitative estimate of drug-likeness (QED) is 0.450. The van der Waals surface area contributed by atoms with Crippen LogP contribution in [0.4, 0.5) is 0 Å². The molecule has 1 N–H and O–H groups in total. The van der Waals surface area contributed by atoms with Crippen LogP contribution >= 0.6 is 0 Å². The molecule has 0 radical (unpaired) electrons. The van der Waals surface area contributed by atoms with Gasteiger partial charge in [-0.15, -0.1) is 0 Å². The molecule has 0 bridgehead atoms. The van der Waals surface area contributed by atoms with Crippen molar-refractivity contribution >= 4 is 0 Å². The van der Waals surface area contributed by atoms with Crippen molar-refractivity contribution in [2.75, 3.05) is 13.2 Å². The summed E-state index contributed by atoms with van der Waals surface area (Å²) >= 11 is 0. The molecular weight excluding hydrogens is 140 g/mol. The van der Waals surface area contributed by atoms with Gasteiger partial charge in [-0.05, 0) is 12.8 Å². The third-order valence-corrected chi connectivity index (χ3v) is 1.27. The number of unbranched alkanes of at least 4 members (excludes halogenated alkanes) is 2. The predicted molar refractivity (Wildman–Crippen MR) is 43.7 cm³/mol. The lowest BCUT2D eigenvalue weighted by atomic mass is 10.3. The number of hydrogen-bond acceptors (Lipinski definition) is 3. The Morgan fingerprint density at radius 3 is 2.91 bits per heavy atom. The molecule has 0 spiro atoms. The lowest BCUT2D eigenvalue weighted by molar-refractivity contribution is 0.0390. The smallest absolute Gasteiger partial charge is 0.0682 e. The molecule has 0 amide bonds.